The van der Waals surface area contributed by atoms with Gasteiger partial charge in [-0.3, -0.25) is 28.8 Å². The quantitative estimate of drug-likeness (QED) is 0.0316. The summed E-state index contributed by atoms with van der Waals surface area (Å²) < 4.78 is 0. The maximum absolute atomic E-state index is 13.8. The van der Waals surface area contributed by atoms with Crippen LogP contribution in [-0.2, 0) is 28.8 Å². The molecule has 0 fully saturated rings. The molecule has 0 aliphatic heterocycles. The van der Waals surface area contributed by atoms with Crippen molar-refractivity contribution >= 4 is 35.5 Å². The average molecular weight is 730 g/mol. The van der Waals surface area contributed by atoms with E-state index in [2.05, 4.69) is 31.9 Å². The van der Waals surface area contributed by atoms with Crippen molar-refractivity contribution in [2.75, 3.05) is 46.3 Å². The van der Waals surface area contributed by atoms with Crippen LogP contribution in [0.3, 0.4) is 0 Å². The summed E-state index contributed by atoms with van der Waals surface area (Å²) in [6, 6.07) is -4.70. The zero-order chi connectivity index (χ0) is 38.4. The lowest BCUT2D eigenvalue weighted by Crippen LogP contribution is -2.59. The standard InChI is InChI=1S/C33H67N11O7/c1-39-23(12-2-7-17-34)30(48)42-25(14-4-9-19-36)32(50)44-27(16-6-11-21-38)33(51)43-26(15-5-10-20-37)31(49)41-24(13-3-8-18-35)29(47)40-22-28(45)46/h23-27,39H,2-22,34-38H2,1H3,(H,40,47)(H,41,49)(H,42,48)(H,43,51)(H,44,50)(H,45,46)/t23-,24-,25?,26?,27-/m0/s1. The summed E-state index contributed by atoms with van der Waals surface area (Å²) in [6.07, 6.45) is 7.32. The molecule has 5 atom stereocenters. The minimum absolute atomic E-state index is 0.192. The molecule has 0 heterocycles. The van der Waals surface area contributed by atoms with E-state index in [-0.39, 0.29) is 25.2 Å². The lowest BCUT2D eigenvalue weighted by molar-refractivity contribution is -0.138. The fraction of sp³-hybridized carbons (Fsp3) is 0.818. The van der Waals surface area contributed by atoms with E-state index in [1.807, 2.05) is 0 Å². The van der Waals surface area contributed by atoms with Crippen LogP contribution in [0.15, 0.2) is 0 Å². The van der Waals surface area contributed by atoms with Gasteiger partial charge >= 0.3 is 5.97 Å². The van der Waals surface area contributed by atoms with Gasteiger partial charge in [-0.15, -0.1) is 0 Å². The van der Waals surface area contributed by atoms with E-state index in [0.29, 0.717) is 96.9 Å². The third-order valence-electron chi connectivity index (χ3n) is 8.35. The molecule has 296 valence electrons. The first kappa shape index (κ1) is 47.6. The van der Waals surface area contributed by atoms with Crippen LogP contribution in [0, 0.1) is 0 Å². The Morgan fingerprint density at radius 1 is 0.431 bits per heavy atom. The SMILES string of the molecule is CN[C@@H](CCCCN)C(=O)NC(CCCCN)C(=O)N[C@@H](CCCCN)C(=O)NC(CCCCN)C(=O)N[C@@H](CCCCN)C(=O)NCC(=O)O. The molecule has 18 heteroatoms. The van der Waals surface area contributed by atoms with Gasteiger partial charge in [-0.25, -0.2) is 0 Å². The van der Waals surface area contributed by atoms with Gasteiger partial charge in [-0.1, -0.05) is 6.42 Å². The van der Waals surface area contributed by atoms with Gasteiger partial charge in [-0.2, -0.15) is 0 Å². The van der Waals surface area contributed by atoms with E-state index in [4.69, 9.17) is 33.8 Å². The highest BCUT2D eigenvalue weighted by atomic mass is 16.4. The first-order chi connectivity index (χ1) is 24.5. The molecule has 0 saturated heterocycles. The molecule has 0 saturated carbocycles. The minimum Gasteiger partial charge on any atom is -0.480 e. The molecule has 18 nitrogen and oxygen atoms in total. The number of carbonyl (C=O) groups is 6. The van der Waals surface area contributed by atoms with Crippen LogP contribution in [0.1, 0.15) is 96.3 Å². The molecule has 0 aromatic heterocycles. The first-order valence-corrected chi connectivity index (χ1v) is 18.4. The highest BCUT2D eigenvalue weighted by molar-refractivity contribution is 5.96. The second kappa shape index (κ2) is 30.2. The second-order valence-electron chi connectivity index (χ2n) is 12.6. The molecule has 51 heavy (non-hydrogen) atoms. The monoisotopic (exact) mass is 730 g/mol. The van der Waals surface area contributed by atoms with E-state index in [1.165, 1.54) is 0 Å². The number of likely N-dealkylation sites (N-methyl/N-ethyl adjacent to an activating group) is 1. The van der Waals surface area contributed by atoms with Crippen molar-refractivity contribution in [1.82, 2.24) is 31.9 Å². The fourth-order valence-electron chi connectivity index (χ4n) is 5.32. The van der Waals surface area contributed by atoms with Crippen LogP contribution in [-0.4, -0.2) is 117 Å². The number of carboxylic acid groups (broad SMARTS) is 1. The van der Waals surface area contributed by atoms with Crippen LogP contribution in [0.2, 0.25) is 0 Å². The molecular weight excluding hydrogens is 662 g/mol. The number of aliphatic carboxylic acids is 1. The maximum atomic E-state index is 13.8. The van der Waals surface area contributed by atoms with Crippen molar-refractivity contribution in [1.29, 1.82) is 0 Å². The Balaban J connectivity index is 6.12. The van der Waals surface area contributed by atoms with Gasteiger partial charge in [0.2, 0.25) is 29.5 Å². The number of rotatable bonds is 32. The molecule has 0 aromatic carbocycles. The summed E-state index contributed by atoms with van der Waals surface area (Å²) in [5.74, 6) is -4.08. The van der Waals surface area contributed by atoms with Gasteiger partial charge in [0.15, 0.2) is 0 Å². The van der Waals surface area contributed by atoms with E-state index in [0.717, 1.165) is 12.8 Å². The third kappa shape index (κ3) is 22.2. The molecule has 0 spiro atoms. The van der Waals surface area contributed by atoms with Gasteiger partial charge in [0.25, 0.3) is 0 Å². The Kier molecular flexibility index (Phi) is 28.2. The Morgan fingerprint density at radius 2 is 0.686 bits per heavy atom. The maximum Gasteiger partial charge on any atom is 0.322 e. The Morgan fingerprint density at radius 3 is 0.941 bits per heavy atom. The van der Waals surface area contributed by atoms with Crippen molar-refractivity contribution in [2.45, 2.75) is 127 Å². The summed E-state index contributed by atoms with van der Waals surface area (Å²) in [4.78, 5) is 78.0. The highest BCUT2D eigenvalue weighted by Crippen LogP contribution is 2.10. The minimum atomic E-state index is -1.24. The lowest BCUT2D eigenvalue weighted by atomic mass is 10.0. The number of carbonyl (C=O) groups excluding carboxylic acids is 5. The van der Waals surface area contributed by atoms with Crippen molar-refractivity contribution in [2.24, 2.45) is 28.7 Å². The topological polar surface area (TPSA) is 325 Å². The first-order valence-electron chi connectivity index (χ1n) is 18.4. The summed E-state index contributed by atoms with van der Waals surface area (Å²) in [5, 5.41) is 25.3. The van der Waals surface area contributed by atoms with E-state index in [1.54, 1.807) is 7.05 Å². The van der Waals surface area contributed by atoms with Gasteiger partial charge < -0.3 is 65.7 Å². The Bertz CT molecular complexity index is 1020. The van der Waals surface area contributed by atoms with Crippen LogP contribution in [0.5, 0.6) is 0 Å². The van der Waals surface area contributed by atoms with Crippen LogP contribution in [0.25, 0.3) is 0 Å². The van der Waals surface area contributed by atoms with E-state index >= 15 is 0 Å². The average Bonchev–Trinajstić information content (AvgIpc) is 3.10. The zero-order valence-electron chi connectivity index (χ0n) is 30.5. The van der Waals surface area contributed by atoms with Gasteiger partial charge in [0.1, 0.15) is 30.7 Å². The summed E-state index contributed by atoms with van der Waals surface area (Å²) in [5.41, 5.74) is 28.2. The summed E-state index contributed by atoms with van der Waals surface area (Å²) in [6.45, 7) is 1.39. The molecule has 0 radical (unpaired) electrons. The predicted molar refractivity (Wildman–Crippen MR) is 196 cm³/mol. The van der Waals surface area contributed by atoms with E-state index < -0.39 is 66.4 Å². The lowest BCUT2D eigenvalue weighted by Gasteiger charge is -2.27. The number of amides is 5. The number of hydrogen-bond donors (Lipinski definition) is 12. The zero-order valence-corrected chi connectivity index (χ0v) is 30.5. The van der Waals surface area contributed by atoms with Crippen LogP contribution >= 0.6 is 0 Å². The largest absolute Gasteiger partial charge is 0.480 e. The molecule has 0 rings (SSSR count). The number of nitrogens with one attached hydrogen (secondary N) is 6. The highest BCUT2D eigenvalue weighted by Gasteiger charge is 2.32. The molecule has 0 bridgehead atoms. The molecule has 17 N–H and O–H groups in total. The fourth-order valence-corrected chi connectivity index (χ4v) is 5.32. The molecule has 0 aromatic rings. The van der Waals surface area contributed by atoms with Crippen molar-refractivity contribution in [3.63, 3.8) is 0 Å². The molecule has 0 aliphatic carbocycles. The second-order valence-corrected chi connectivity index (χ2v) is 12.6. The molecule has 0 aliphatic rings. The van der Waals surface area contributed by atoms with Gasteiger partial charge in [0, 0.05) is 0 Å². The van der Waals surface area contributed by atoms with Crippen molar-refractivity contribution in [3.8, 4) is 0 Å². The van der Waals surface area contributed by atoms with Crippen LogP contribution < -0.4 is 60.6 Å². The van der Waals surface area contributed by atoms with Crippen molar-refractivity contribution < 1.29 is 33.9 Å². The number of carboxylic acids is 1. The Labute approximate surface area is 302 Å². The third-order valence-corrected chi connectivity index (χ3v) is 8.35. The normalized spacial score (nSPS) is 14.0. The summed E-state index contributed by atoms with van der Waals surface area (Å²) in [7, 11) is 1.67. The number of unbranched alkanes of at least 4 members (excludes halogenated alkanes) is 5. The van der Waals surface area contributed by atoms with Gasteiger partial charge in [0.05, 0.1) is 6.04 Å². The molecule has 2 unspecified atom stereocenters. The number of hydrogen-bond acceptors (Lipinski definition) is 12. The van der Waals surface area contributed by atoms with Gasteiger partial charge in [-0.05, 0) is 130 Å². The molecular formula is C33H67N11O7. The Hall–Kier alpha value is -3.42. The predicted octanol–water partition coefficient (Wildman–Crippen LogP) is -2.64. The smallest absolute Gasteiger partial charge is 0.322 e. The summed E-state index contributed by atoms with van der Waals surface area (Å²) >= 11 is 0. The number of nitrogens with two attached hydrogens (primary N) is 5. The molecule has 5 amide bonds. The van der Waals surface area contributed by atoms with Crippen molar-refractivity contribution in [3.05, 3.63) is 0 Å². The van der Waals surface area contributed by atoms with E-state index in [9.17, 15) is 28.8 Å². The van der Waals surface area contributed by atoms with Crippen LogP contribution in [0.4, 0.5) is 0 Å².